The predicted molar refractivity (Wildman–Crippen MR) is 82.2 cm³/mol. The maximum Gasteiger partial charge on any atom is 0.333 e. The SMILES string of the molecule is CCCCCCCCCC(C(=O)OC)=C(CC)CC. The van der Waals surface area contributed by atoms with Crippen LogP contribution in [0.25, 0.3) is 0 Å². The zero-order chi connectivity index (χ0) is 14.5. The molecule has 0 aromatic heterocycles. The molecule has 0 unspecified atom stereocenters. The minimum atomic E-state index is -0.121. The van der Waals surface area contributed by atoms with E-state index in [4.69, 9.17) is 4.74 Å². The van der Waals surface area contributed by atoms with Gasteiger partial charge in [-0.05, 0) is 25.7 Å². The highest BCUT2D eigenvalue weighted by Crippen LogP contribution is 2.20. The molecule has 0 fully saturated rings. The summed E-state index contributed by atoms with van der Waals surface area (Å²) in [6.45, 7) is 6.48. The van der Waals surface area contributed by atoms with E-state index in [1.54, 1.807) is 0 Å². The van der Waals surface area contributed by atoms with Crippen molar-refractivity contribution >= 4 is 5.97 Å². The average molecular weight is 268 g/mol. The van der Waals surface area contributed by atoms with Crippen LogP contribution in [0.5, 0.6) is 0 Å². The van der Waals surface area contributed by atoms with Gasteiger partial charge in [-0.3, -0.25) is 0 Å². The first-order valence-corrected chi connectivity index (χ1v) is 8.00. The third kappa shape index (κ3) is 8.07. The van der Waals surface area contributed by atoms with Gasteiger partial charge >= 0.3 is 5.97 Å². The van der Waals surface area contributed by atoms with Crippen LogP contribution in [-0.2, 0) is 9.53 Å². The van der Waals surface area contributed by atoms with Crippen LogP contribution in [0.3, 0.4) is 0 Å². The van der Waals surface area contributed by atoms with Crippen LogP contribution >= 0.6 is 0 Å². The molecule has 112 valence electrons. The highest BCUT2D eigenvalue weighted by atomic mass is 16.5. The number of unbranched alkanes of at least 4 members (excludes halogenated alkanes) is 6. The molecular weight excluding hydrogens is 236 g/mol. The topological polar surface area (TPSA) is 26.3 Å². The molecule has 0 saturated carbocycles. The molecule has 0 spiro atoms. The van der Waals surface area contributed by atoms with E-state index < -0.39 is 0 Å². The van der Waals surface area contributed by atoms with Crippen LogP contribution in [0.1, 0.15) is 85.0 Å². The molecule has 0 aliphatic heterocycles. The summed E-state index contributed by atoms with van der Waals surface area (Å²) >= 11 is 0. The molecule has 0 saturated heterocycles. The van der Waals surface area contributed by atoms with Gasteiger partial charge in [-0.25, -0.2) is 4.79 Å². The minimum Gasteiger partial charge on any atom is -0.466 e. The van der Waals surface area contributed by atoms with Crippen molar-refractivity contribution in [2.24, 2.45) is 0 Å². The van der Waals surface area contributed by atoms with Crippen molar-refractivity contribution in [1.29, 1.82) is 0 Å². The largest absolute Gasteiger partial charge is 0.466 e. The van der Waals surface area contributed by atoms with Gasteiger partial charge in [-0.1, -0.05) is 64.9 Å². The molecule has 0 rings (SSSR count). The highest BCUT2D eigenvalue weighted by molar-refractivity contribution is 5.89. The minimum absolute atomic E-state index is 0.121. The smallest absolute Gasteiger partial charge is 0.333 e. The Balaban J connectivity index is 4.08. The van der Waals surface area contributed by atoms with E-state index in [2.05, 4.69) is 20.8 Å². The van der Waals surface area contributed by atoms with Crippen molar-refractivity contribution < 1.29 is 9.53 Å². The molecule has 0 N–H and O–H groups in total. The Morgan fingerprint density at radius 3 is 1.84 bits per heavy atom. The number of carbonyl (C=O) groups excluding carboxylic acids is 1. The molecule has 0 bridgehead atoms. The van der Waals surface area contributed by atoms with Crippen LogP contribution in [0, 0.1) is 0 Å². The Bertz CT molecular complexity index is 260. The first-order chi connectivity index (χ1) is 9.21. The zero-order valence-electron chi connectivity index (χ0n) is 13.4. The van der Waals surface area contributed by atoms with Crippen molar-refractivity contribution in [2.45, 2.75) is 85.0 Å². The molecule has 2 nitrogen and oxygen atoms in total. The summed E-state index contributed by atoms with van der Waals surface area (Å²) in [5.41, 5.74) is 2.19. The lowest BCUT2D eigenvalue weighted by Gasteiger charge is -2.11. The van der Waals surface area contributed by atoms with Crippen LogP contribution < -0.4 is 0 Å². The van der Waals surface area contributed by atoms with Crippen LogP contribution in [0.4, 0.5) is 0 Å². The van der Waals surface area contributed by atoms with E-state index in [1.807, 2.05) is 0 Å². The van der Waals surface area contributed by atoms with Crippen molar-refractivity contribution in [3.8, 4) is 0 Å². The Morgan fingerprint density at radius 2 is 1.37 bits per heavy atom. The lowest BCUT2D eigenvalue weighted by atomic mass is 9.97. The second-order valence-electron chi connectivity index (χ2n) is 5.15. The summed E-state index contributed by atoms with van der Waals surface area (Å²) in [6.07, 6.45) is 11.8. The fraction of sp³-hybridized carbons (Fsp3) is 0.824. The molecule has 0 radical (unpaired) electrons. The van der Waals surface area contributed by atoms with Gasteiger partial charge in [0, 0.05) is 5.57 Å². The standard InChI is InChI=1S/C17H32O2/c1-5-8-9-10-11-12-13-14-16(17(18)19-4)15(6-2)7-3/h5-14H2,1-4H3. The fourth-order valence-electron chi connectivity index (χ4n) is 2.48. The number of methoxy groups -OCH3 is 1. The van der Waals surface area contributed by atoms with E-state index in [-0.39, 0.29) is 5.97 Å². The predicted octanol–water partition coefficient (Wildman–Crippen LogP) is 5.42. The highest BCUT2D eigenvalue weighted by Gasteiger charge is 2.13. The summed E-state index contributed by atoms with van der Waals surface area (Å²) in [5, 5.41) is 0. The number of carbonyl (C=O) groups is 1. The molecule has 0 amide bonds. The zero-order valence-corrected chi connectivity index (χ0v) is 13.4. The maximum atomic E-state index is 11.8. The van der Waals surface area contributed by atoms with Crippen LogP contribution in [0.2, 0.25) is 0 Å². The molecule has 0 heterocycles. The Morgan fingerprint density at radius 1 is 0.842 bits per heavy atom. The van der Waals surface area contributed by atoms with Crippen LogP contribution in [0.15, 0.2) is 11.1 Å². The average Bonchev–Trinajstić information content (AvgIpc) is 2.44. The van der Waals surface area contributed by atoms with E-state index >= 15 is 0 Å². The summed E-state index contributed by atoms with van der Waals surface area (Å²) in [5.74, 6) is -0.121. The fourth-order valence-corrected chi connectivity index (χ4v) is 2.48. The summed E-state index contributed by atoms with van der Waals surface area (Å²) in [7, 11) is 1.48. The van der Waals surface area contributed by atoms with E-state index in [9.17, 15) is 4.79 Å². The number of esters is 1. The van der Waals surface area contributed by atoms with Gasteiger partial charge in [0.25, 0.3) is 0 Å². The lowest BCUT2D eigenvalue weighted by Crippen LogP contribution is -2.08. The summed E-state index contributed by atoms with van der Waals surface area (Å²) < 4.78 is 4.91. The Hall–Kier alpha value is -0.790. The number of rotatable bonds is 11. The summed E-state index contributed by atoms with van der Waals surface area (Å²) in [6, 6.07) is 0. The first-order valence-electron chi connectivity index (χ1n) is 8.00. The van der Waals surface area contributed by atoms with Crippen molar-refractivity contribution in [3.05, 3.63) is 11.1 Å². The number of allylic oxidation sites excluding steroid dienone is 1. The van der Waals surface area contributed by atoms with Gasteiger partial charge in [0.1, 0.15) is 0 Å². The molecule has 0 atom stereocenters. The normalized spacial score (nSPS) is 10.3. The van der Waals surface area contributed by atoms with Gasteiger partial charge in [-0.2, -0.15) is 0 Å². The molecule has 0 aliphatic rings. The monoisotopic (exact) mass is 268 g/mol. The Kier molecular flexibility index (Phi) is 11.7. The van der Waals surface area contributed by atoms with Gasteiger partial charge in [0.15, 0.2) is 0 Å². The molecular formula is C17H32O2. The number of ether oxygens (including phenoxy) is 1. The van der Waals surface area contributed by atoms with E-state index in [0.29, 0.717) is 0 Å². The van der Waals surface area contributed by atoms with Gasteiger partial charge in [0.05, 0.1) is 7.11 Å². The quantitative estimate of drug-likeness (QED) is 0.284. The molecule has 0 aromatic rings. The molecule has 2 heteroatoms. The van der Waals surface area contributed by atoms with Gasteiger partial charge in [-0.15, -0.1) is 0 Å². The van der Waals surface area contributed by atoms with Crippen molar-refractivity contribution in [2.75, 3.05) is 7.11 Å². The third-order valence-electron chi connectivity index (χ3n) is 3.74. The summed E-state index contributed by atoms with van der Waals surface area (Å²) in [4.78, 5) is 11.8. The lowest BCUT2D eigenvalue weighted by molar-refractivity contribution is -0.136. The van der Waals surface area contributed by atoms with Crippen molar-refractivity contribution in [1.82, 2.24) is 0 Å². The Labute approximate surface area is 119 Å². The first kappa shape index (κ1) is 18.2. The molecule has 0 aliphatic carbocycles. The van der Waals surface area contributed by atoms with Crippen LogP contribution in [-0.4, -0.2) is 13.1 Å². The van der Waals surface area contributed by atoms with Crippen molar-refractivity contribution in [3.63, 3.8) is 0 Å². The second-order valence-corrected chi connectivity index (χ2v) is 5.15. The van der Waals surface area contributed by atoms with E-state index in [0.717, 1.165) is 31.3 Å². The second kappa shape index (κ2) is 12.3. The molecule has 19 heavy (non-hydrogen) atoms. The van der Waals surface area contributed by atoms with E-state index in [1.165, 1.54) is 51.2 Å². The number of hydrogen-bond donors (Lipinski definition) is 0. The van der Waals surface area contributed by atoms with Gasteiger partial charge in [0.2, 0.25) is 0 Å². The van der Waals surface area contributed by atoms with Gasteiger partial charge < -0.3 is 4.74 Å². The third-order valence-corrected chi connectivity index (χ3v) is 3.74. The molecule has 0 aromatic carbocycles. The maximum absolute atomic E-state index is 11.8. The number of hydrogen-bond acceptors (Lipinski definition) is 2.